The summed E-state index contributed by atoms with van der Waals surface area (Å²) in [6.45, 7) is 0. The molecule has 6 heteroatoms. The number of hydrogen-bond donors (Lipinski definition) is 0. The zero-order chi connectivity index (χ0) is 11.4. The van der Waals surface area contributed by atoms with Gasteiger partial charge in [-0.05, 0) is 5.56 Å². The van der Waals surface area contributed by atoms with Crippen LogP contribution < -0.4 is 0 Å². The Morgan fingerprint density at radius 2 is 1.87 bits per heavy atom. The molecule has 1 aromatic carbocycles. The van der Waals surface area contributed by atoms with Crippen molar-refractivity contribution >= 4 is 11.5 Å². The van der Waals surface area contributed by atoms with Gasteiger partial charge in [0.05, 0.1) is 4.92 Å². The summed E-state index contributed by atoms with van der Waals surface area (Å²) >= 11 is 0. The fraction of sp³-hybridized carbons (Fsp3) is 0.222. The topological polar surface area (TPSA) is 60.2 Å². The molecular formula is C9H7F2NO3. The van der Waals surface area contributed by atoms with Crippen LogP contribution in [0.5, 0.6) is 0 Å². The molecule has 1 rings (SSSR count). The maximum Gasteiger partial charge on any atom is 0.296 e. The van der Waals surface area contributed by atoms with Crippen LogP contribution in [0.2, 0.25) is 0 Å². The van der Waals surface area contributed by atoms with Gasteiger partial charge < -0.3 is 0 Å². The monoisotopic (exact) mass is 215 g/mol. The Morgan fingerprint density at radius 1 is 1.33 bits per heavy atom. The van der Waals surface area contributed by atoms with Crippen molar-refractivity contribution < 1.29 is 18.5 Å². The fourth-order valence-corrected chi connectivity index (χ4v) is 1.01. The zero-order valence-electron chi connectivity index (χ0n) is 7.52. The van der Waals surface area contributed by atoms with E-state index >= 15 is 0 Å². The van der Waals surface area contributed by atoms with Crippen molar-refractivity contribution in [1.82, 2.24) is 0 Å². The van der Waals surface area contributed by atoms with Crippen LogP contribution in [0.25, 0.3) is 0 Å². The van der Waals surface area contributed by atoms with Gasteiger partial charge in [0.15, 0.2) is 0 Å². The van der Waals surface area contributed by atoms with Gasteiger partial charge in [0.25, 0.3) is 12.1 Å². The Balaban J connectivity index is 2.73. The van der Waals surface area contributed by atoms with E-state index in [1.54, 1.807) is 0 Å². The predicted molar refractivity (Wildman–Crippen MR) is 47.8 cm³/mol. The molecular weight excluding hydrogens is 208 g/mol. The van der Waals surface area contributed by atoms with Crippen LogP contribution in [-0.4, -0.2) is 17.1 Å². The van der Waals surface area contributed by atoms with Crippen LogP contribution in [0, 0.1) is 10.1 Å². The van der Waals surface area contributed by atoms with Crippen molar-refractivity contribution in [3.63, 3.8) is 0 Å². The third-order valence-corrected chi connectivity index (χ3v) is 1.77. The number of alkyl halides is 2. The lowest BCUT2D eigenvalue weighted by molar-refractivity contribution is -0.384. The van der Waals surface area contributed by atoms with E-state index in [0.29, 0.717) is 5.56 Å². The highest BCUT2D eigenvalue weighted by atomic mass is 19.3. The molecule has 0 bridgehead atoms. The van der Waals surface area contributed by atoms with Crippen LogP contribution >= 0.6 is 0 Å². The highest BCUT2D eigenvalue weighted by Gasteiger charge is 2.15. The number of ketones is 1. The summed E-state index contributed by atoms with van der Waals surface area (Å²) in [5, 5.41) is 10.3. The van der Waals surface area contributed by atoms with Gasteiger partial charge >= 0.3 is 0 Å². The molecule has 0 fully saturated rings. The third-order valence-electron chi connectivity index (χ3n) is 1.77. The summed E-state index contributed by atoms with van der Waals surface area (Å²) < 4.78 is 23.7. The Morgan fingerprint density at radius 3 is 2.27 bits per heavy atom. The number of hydrogen-bond acceptors (Lipinski definition) is 3. The van der Waals surface area contributed by atoms with Crippen molar-refractivity contribution in [1.29, 1.82) is 0 Å². The first-order valence-corrected chi connectivity index (χ1v) is 4.05. The standard InChI is InChI=1S/C9H7F2NO3/c10-9(11)8(13)5-6-1-3-7(4-2-6)12(14)15/h1-4,9H,5H2. The molecule has 0 atom stereocenters. The van der Waals surface area contributed by atoms with Crippen LogP contribution in [-0.2, 0) is 11.2 Å². The van der Waals surface area contributed by atoms with Crippen LogP contribution in [0.4, 0.5) is 14.5 Å². The number of benzene rings is 1. The summed E-state index contributed by atoms with van der Waals surface area (Å²) in [6, 6.07) is 4.93. The Labute approximate surface area is 83.7 Å². The molecule has 0 aliphatic heterocycles. The maximum absolute atomic E-state index is 11.9. The van der Waals surface area contributed by atoms with Gasteiger partial charge in [-0.1, -0.05) is 12.1 Å². The summed E-state index contributed by atoms with van der Waals surface area (Å²) in [5.74, 6) is -1.19. The van der Waals surface area contributed by atoms with Gasteiger partial charge in [0.1, 0.15) is 0 Å². The average Bonchev–Trinajstić information content (AvgIpc) is 2.18. The minimum absolute atomic E-state index is 0.136. The maximum atomic E-state index is 11.9. The number of non-ortho nitro benzene ring substituents is 1. The lowest BCUT2D eigenvalue weighted by Crippen LogP contribution is -2.12. The Hall–Kier alpha value is -1.85. The summed E-state index contributed by atoms with van der Waals surface area (Å²) in [6.07, 6.45) is -3.41. The molecule has 0 aliphatic rings. The number of carbonyl (C=O) groups excluding carboxylic acids is 1. The quantitative estimate of drug-likeness (QED) is 0.569. The van der Waals surface area contributed by atoms with E-state index in [2.05, 4.69) is 0 Å². The van der Waals surface area contributed by atoms with Crippen molar-refractivity contribution in [3.05, 3.63) is 39.9 Å². The number of nitro benzene ring substituents is 1. The molecule has 15 heavy (non-hydrogen) atoms. The molecule has 0 radical (unpaired) electrons. The van der Waals surface area contributed by atoms with Gasteiger partial charge in [-0.25, -0.2) is 8.78 Å². The van der Waals surface area contributed by atoms with Crippen LogP contribution in [0.15, 0.2) is 24.3 Å². The largest absolute Gasteiger partial charge is 0.296 e. The Kier molecular flexibility index (Phi) is 3.43. The van der Waals surface area contributed by atoms with E-state index in [4.69, 9.17) is 0 Å². The first kappa shape index (κ1) is 11.2. The van der Waals surface area contributed by atoms with Gasteiger partial charge in [0.2, 0.25) is 5.78 Å². The van der Waals surface area contributed by atoms with Crippen molar-refractivity contribution in [2.75, 3.05) is 0 Å². The van der Waals surface area contributed by atoms with Gasteiger partial charge in [0, 0.05) is 18.6 Å². The molecule has 0 unspecified atom stereocenters. The van der Waals surface area contributed by atoms with Crippen molar-refractivity contribution in [2.24, 2.45) is 0 Å². The van der Waals surface area contributed by atoms with E-state index < -0.39 is 23.6 Å². The number of halogens is 2. The SMILES string of the molecule is O=C(Cc1ccc([N+](=O)[O-])cc1)C(F)F. The molecule has 0 N–H and O–H groups in total. The lowest BCUT2D eigenvalue weighted by atomic mass is 10.1. The molecule has 0 amide bonds. The van der Waals surface area contributed by atoms with Crippen LogP contribution in [0.1, 0.15) is 5.56 Å². The first-order chi connectivity index (χ1) is 7.00. The molecule has 0 heterocycles. The molecule has 0 saturated carbocycles. The third kappa shape index (κ3) is 3.08. The first-order valence-electron chi connectivity index (χ1n) is 4.05. The minimum atomic E-state index is -3.00. The van der Waals surface area contributed by atoms with Gasteiger partial charge in [-0.15, -0.1) is 0 Å². The minimum Gasteiger partial charge on any atom is -0.293 e. The molecule has 1 aromatic rings. The number of Topliss-reactive ketones (excluding diaryl/α,β-unsaturated/α-hetero) is 1. The predicted octanol–water partition coefficient (Wildman–Crippen LogP) is 1.97. The van der Waals surface area contributed by atoms with Crippen LogP contribution in [0.3, 0.4) is 0 Å². The number of carbonyl (C=O) groups is 1. The second-order valence-electron chi connectivity index (χ2n) is 2.87. The Bertz CT molecular complexity index is 375. The zero-order valence-corrected chi connectivity index (χ0v) is 7.52. The van der Waals surface area contributed by atoms with Crippen molar-refractivity contribution in [3.8, 4) is 0 Å². The molecule has 80 valence electrons. The van der Waals surface area contributed by atoms with E-state index in [0.717, 1.165) is 0 Å². The molecule has 4 nitrogen and oxygen atoms in total. The second kappa shape index (κ2) is 4.59. The average molecular weight is 215 g/mol. The van der Waals surface area contributed by atoms with E-state index in [9.17, 15) is 23.7 Å². The molecule has 0 aliphatic carbocycles. The highest BCUT2D eigenvalue weighted by Crippen LogP contribution is 2.13. The molecule has 0 aromatic heterocycles. The van der Waals surface area contributed by atoms with E-state index in [1.807, 2.05) is 0 Å². The lowest BCUT2D eigenvalue weighted by Gasteiger charge is -1.99. The second-order valence-corrected chi connectivity index (χ2v) is 2.87. The van der Waals surface area contributed by atoms with Gasteiger partial charge in [-0.3, -0.25) is 14.9 Å². The smallest absolute Gasteiger partial charge is 0.293 e. The summed E-state index contributed by atoms with van der Waals surface area (Å²) in [4.78, 5) is 20.3. The normalized spacial score (nSPS) is 10.3. The number of rotatable bonds is 4. The van der Waals surface area contributed by atoms with Crippen molar-refractivity contribution in [2.45, 2.75) is 12.8 Å². The molecule has 0 spiro atoms. The summed E-state index contributed by atoms with van der Waals surface area (Å²) in [5.41, 5.74) is 0.203. The highest BCUT2D eigenvalue weighted by molar-refractivity contribution is 5.83. The molecule has 0 saturated heterocycles. The van der Waals surface area contributed by atoms with Gasteiger partial charge in [-0.2, -0.15) is 0 Å². The van der Waals surface area contributed by atoms with E-state index in [-0.39, 0.29) is 5.69 Å². The fourth-order valence-electron chi connectivity index (χ4n) is 1.01. The number of nitrogens with zero attached hydrogens (tertiary/aromatic N) is 1. The number of nitro groups is 1. The summed E-state index contributed by atoms with van der Waals surface area (Å²) in [7, 11) is 0. The van der Waals surface area contributed by atoms with E-state index in [1.165, 1.54) is 24.3 Å².